The van der Waals surface area contributed by atoms with Gasteiger partial charge in [-0.15, -0.1) is 0 Å². The lowest BCUT2D eigenvalue weighted by Crippen LogP contribution is -2.31. The lowest BCUT2D eigenvalue weighted by Gasteiger charge is -2.22. The van der Waals surface area contributed by atoms with Gasteiger partial charge in [0.2, 0.25) is 11.6 Å². The monoisotopic (exact) mass is 271 g/mol. The first kappa shape index (κ1) is 15.1. The number of hydrogen-bond donors (Lipinski definition) is 2. The fraction of sp³-hybridized carbons (Fsp3) is 0.600. The predicted molar refractivity (Wildman–Crippen MR) is 69.4 cm³/mol. The van der Waals surface area contributed by atoms with Crippen molar-refractivity contribution in [3.63, 3.8) is 0 Å². The van der Waals surface area contributed by atoms with Crippen molar-refractivity contribution in [1.82, 2.24) is 9.97 Å². The largest absolute Gasteiger partial charge is 0.395 e. The highest BCUT2D eigenvalue weighted by Crippen LogP contribution is 2.31. The third-order valence-corrected chi connectivity index (χ3v) is 2.46. The molecule has 0 aliphatic carbocycles. The predicted octanol–water partition coefficient (Wildman–Crippen LogP) is -0.128. The van der Waals surface area contributed by atoms with Crippen molar-refractivity contribution >= 4 is 17.3 Å². The molecule has 0 radical (unpaired) electrons. The Morgan fingerprint density at radius 2 is 2.26 bits per heavy atom. The highest BCUT2D eigenvalue weighted by molar-refractivity contribution is 5.70. The smallest absolute Gasteiger partial charge is 0.353 e. The molecule has 1 aromatic rings. The summed E-state index contributed by atoms with van der Waals surface area (Å²) in [6.07, 6.45) is 1.24. The van der Waals surface area contributed by atoms with E-state index in [4.69, 9.17) is 9.84 Å². The fourth-order valence-corrected chi connectivity index (χ4v) is 1.60. The van der Waals surface area contributed by atoms with Crippen LogP contribution < -0.4 is 10.2 Å². The Morgan fingerprint density at radius 3 is 2.79 bits per heavy atom. The number of aliphatic hydroxyl groups excluding tert-OH is 1. The van der Waals surface area contributed by atoms with Crippen molar-refractivity contribution < 1.29 is 14.8 Å². The molecule has 0 aromatic carbocycles. The van der Waals surface area contributed by atoms with Gasteiger partial charge in [-0.2, -0.15) is 0 Å². The highest BCUT2D eigenvalue weighted by atomic mass is 16.6. The summed E-state index contributed by atoms with van der Waals surface area (Å²) in [5.74, 6) is 0.297. The third kappa shape index (κ3) is 3.73. The standard InChI is InChI=1S/C10H17N5O4/c1-11-9-8(15(17)18)10(13-7-12-9)14(3-5-16)4-6-19-2/h7,16H,3-6H2,1-2H3,(H,11,12,13). The zero-order valence-electron chi connectivity index (χ0n) is 10.9. The van der Waals surface area contributed by atoms with Gasteiger partial charge in [-0.25, -0.2) is 9.97 Å². The zero-order chi connectivity index (χ0) is 14.3. The maximum Gasteiger partial charge on any atom is 0.353 e. The molecule has 2 N–H and O–H groups in total. The minimum atomic E-state index is -0.543. The molecule has 0 saturated heterocycles. The van der Waals surface area contributed by atoms with Gasteiger partial charge in [0.1, 0.15) is 6.33 Å². The lowest BCUT2D eigenvalue weighted by atomic mass is 10.3. The fourth-order valence-electron chi connectivity index (χ4n) is 1.60. The number of aliphatic hydroxyl groups is 1. The summed E-state index contributed by atoms with van der Waals surface area (Å²) >= 11 is 0. The molecule has 0 spiro atoms. The van der Waals surface area contributed by atoms with E-state index in [0.29, 0.717) is 13.2 Å². The van der Waals surface area contributed by atoms with Crippen LogP contribution in [0.5, 0.6) is 0 Å². The van der Waals surface area contributed by atoms with E-state index < -0.39 is 4.92 Å². The van der Waals surface area contributed by atoms with Crippen LogP contribution in [0.15, 0.2) is 6.33 Å². The Balaban J connectivity index is 3.16. The SMILES string of the molecule is CNc1ncnc(N(CCO)CCOC)c1[N+](=O)[O-]. The Labute approximate surface area is 110 Å². The molecule has 9 nitrogen and oxygen atoms in total. The van der Waals surface area contributed by atoms with E-state index in [1.54, 1.807) is 11.9 Å². The van der Waals surface area contributed by atoms with Crippen molar-refractivity contribution in [3.05, 3.63) is 16.4 Å². The van der Waals surface area contributed by atoms with Gasteiger partial charge in [-0.3, -0.25) is 10.1 Å². The summed E-state index contributed by atoms with van der Waals surface area (Å²) in [6.45, 7) is 0.845. The number of aromatic nitrogens is 2. The van der Waals surface area contributed by atoms with Gasteiger partial charge in [0.15, 0.2) is 0 Å². The van der Waals surface area contributed by atoms with Gasteiger partial charge in [0.05, 0.1) is 18.1 Å². The van der Waals surface area contributed by atoms with Crippen LogP contribution in [0.4, 0.5) is 17.3 Å². The van der Waals surface area contributed by atoms with Gasteiger partial charge in [-0.1, -0.05) is 0 Å². The van der Waals surface area contributed by atoms with Gasteiger partial charge < -0.3 is 20.1 Å². The maximum atomic E-state index is 11.1. The van der Waals surface area contributed by atoms with Crippen molar-refractivity contribution in [2.75, 3.05) is 50.7 Å². The Kier molecular flexibility index (Phi) is 5.90. The van der Waals surface area contributed by atoms with E-state index in [-0.39, 0.29) is 30.5 Å². The molecule has 1 rings (SSSR count). The molecule has 0 aliphatic rings. The number of rotatable bonds is 8. The van der Waals surface area contributed by atoms with E-state index in [9.17, 15) is 10.1 Å². The molecular formula is C10H17N5O4. The molecule has 0 bridgehead atoms. The summed E-state index contributed by atoms with van der Waals surface area (Å²) < 4.78 is 4.94. The van der Waals surface area contributed by atoms with E-state index in [1.807, 2.05) is 0 Å². The normalized spacial score (nSPS) is 10.3. The van der Waals surface area contributed by atoms with Crippen LogP contribution in [-0.4, -0.2) is 60.5 Å². The average Bonchev–Trinajstić information content (AvgIpc) is 2.42. The first-order valence-electron chi connectivity index (χ1n) is 5.67. The molecule has 0 unspecified atom stereocenters. The summed E-state index contributed by atoms with van der Waals surface area (Å²) in [7, 11) is 3.08. The molecule has 0 amide bonds. The number of nitrogens with one attached hydrogen (secondary N) is 1. The second-order valence-corrected chi connectivity index (χ2v) is 3.61. The van der Waals surface area contributed by atoms with Crippen molar-refractivity contribution in [2.45, 2.75) is 0 Å². The Morgan fingerprint density at radius 1 is 1.53 bits per heavy atom. The molecule has 1 heterocycles. The second-order valence-electron chi connectivity index (χ2n) is 3.61. The molecule has 1 aromatic heterocycles. The molecule has 106 valence electrons. The average molecular weight is 271 g/mol. The number of methoxy groups -OCH3 is 1. The van der Waals surface area contributed by atoms with Crippen molar-refractivity contribution in [1.29, 1.82) is 0 Å². The highest BCUT2D eigenvalue weighted by Gasteiger charge is 2.26. The molecule has 0 aliphatic heterocycles. The number of anilines is 2. The molecule has 0 fully saturated rings. The summed E-state index contributed by atoms with van der Waals surface area (Å²) in [4.78, 5) is 20.0. The minimum absolute atomic E-state index is 0.135. The zero-order valence-corrected chi connectivity index (χ0v) is 10.9. The summed E-state index contributed by atoms with van der Waals surface area (Å²) in [6, 6.07) is 0. The van der Waals surface area contributed by atoms with Crippen LogP contribution in [0.1, 0.15) is 0 Å². The summed E-state index contributed by atoms with van der Waals surface area (Å²) in [5.41, 5.74) is -0.213. The lowest BCUT2D eigenvalue weighted by molar-refractivity contribution is -0.383. The quantitative estimate of drug-likeness (QED) is 0.496. The van der Waals surface area contributed by atoms with Crippen LogP contribution in [0, 0.1) is 10.1 Å². The molecule has 19 heavy (non-hydrogen) atoms. The van der Waals surface area contributed by atoms with Gasteiger partial charge in [0, 0.05) is 27.2 Å². The van der Waals surface area contributed by atoms with Gasteiger partial charge >= 0.3 is 5.69 Å². The maximum absolute atomic E-state index is 11.1. The van der Waals surface area contributed by atoms with Crippen LogP contribution >= 0.6 is 0 Å². The molecule has 9 heteroatoms. The second kappa shape index (κ2) is 7.44. The number of hydrogen-bond acceptors (Lipinski definition) is 8. The van der Waals surface area contributed by atoms with Crippen LogP contribution in [0.2, 0.25) is 0 Å². The molecule has 0 atom stereocenters. The van der Waals surface area contributed by atoms with Crippen molar-refractivity contribution in [3.8, 4) is 0 Å². The van der Waals surface area contributed by atoms with Gasteiger partial charge in [0.25, 0.3) is 0 Å². The van der Waals surface area contributed by atoms with E-state index >= 15 is 0 Å². The first-order chi connectivity index (χ1) is 9.15. The number of nitrogens with zero attached hydrogens (tertiary/aromatic N) is 4. The summed E-state index contributed by atoms with van der Waals surface area (Å²) in [5, 5.41) is 22.8. The van der Waals surface area contributed by atoms with Crippen LogP contribution in [-0.2, 0) is 4.74 Å². The Hall–Kier alpha value is -2.00. The number of nitro groups is 1. The van der Waals surface area contributed by atoms with Crippen LogP contribution in [0.3, 0.4) is 0 Å². The third-order valence-electron chi connectivity index (χ3n) is 2.46. The molecule has 0 saturated carbocycles. The number of ether oxygens (including phenoxy) is 1. The minimum Gasteiger partial charge on any atom is -0.395 e. The Bertz CT molecular complexity index is 428. The first-order valence-corrected chi connectivity index (χ1v) is 5.67. The topological polar surface area (TPSA) is 114 Å². The van der Waals surface area contributed by atoms with Crippen LogP contribution in [0.25, 0.3) is 0 Å². The van der Waals surface area contributed by atoms with Crippen molar-refractivity contribution in [2.24, 2.45) is 0 Å². The van der Waals surface area contributed by atoms with E-state index in [1.165, 1.54) is 13.4 Å². The van der Waals surface area contributed by atoms with E-state index in [0.717, 1.165) is 0 Å². The molecular weight excluding hydrogens is 254 g/mol. The van der Waals surface area contributed by atoms with Gasteiger partial charge in [-0.05, 0) is 0 Å². The van der Waals surface area contributed by atoms with E-state index in [2.05, 4.69) is 15.3 Å².